The van der Waals surface area contributed by atoms with Crippen molar-refractivity contribution in [1.29, 1.82) is 0 Å². The van der Waals surface area contributed by atoms with Crippen LogP contribution in [0.3, 0.4) is 0 Å². The molecule has 0 aliphatic carbocycles. The first-order valence-corrected chi connectivity index (χ1v) is 6.89. The van der Waals surface area contributed by atoms with Gasteiger partial charge in [0.25, 0.3) is 0 Å². The third-order valence-electron chi connectivity index (χ3n) is 3.55. The molecule has 0 fully saturated rings. The fourth-order valence-corrected chi connectivity index (χ4v) is 2.19. The van der Waals surface area contributed by atoms with Gasteiger partial charge >= 0.3 is 0 Å². The van der Waals surface area contributed by atoms with Gasteiger partial charge in [-0.1, -0.05) is 51.1 Å². The highest BCUT2D eigenvalue weighted by molar-refractivity contribution is 5.21. The number of rotatable bonds is 6. The zero-order valence-electron chi connectivity index (χ0n) is 12.5. The SMILES string of the molecule is CC(O)(CNC(CCO)C(C)(C)C)c1ccccc1. The minimum absolute atomic E-state index is 0.0511. The van der Waals surface area contributed by atoms with E-state index in [2.05, 4.69) is 26.1 Å². The summed E-state index contributed by atoms with van der Waals surface area (Å²) in [5, 5.41) is 23.1. The Balaban J connectivity index is 2.68. The van der Waals surface area contributed by atoms with Crippen molar-refractivity contribution in [2.75, 3.05) is 13.2 Å². The quantitative estimate of drug-likeness (QED) is 0.739. The molecule has 1 aromatic rings. The first-order chi connectivity index (χ1) is 8.77. The van der Waals surface area contributed by atoms with Crippen molar-refractivity contribution in [3.8, 4) is 0 Å². The molecule has 0 bridgehead atoms. The van der Waals surface area contributed by atoms with E-state index >= 15 is 0 Å². The molecule has 2 unspecified atom stereocenters. The van der Waals surface area contributed by atoms with E-state index in [-0.39, 0.29) is 18.1 Å². The molecule has 19 heavy (non-hydrogen) atoms. The molecule has 1 rings (SSSR count). The van der Waals surface area contributed by atoms with Crippen LogP contribution in [-0.2, 0) is 5.60 Å². The maximum absolute atomic E-state index is 10.5. The molecule has 0 aromatic heterocycles. The minimum Gasteiger partial charge on any atom is -0.396 e. The molecule has 0 aliphatic heterocycles. The Labute approximate surface area is 116 Å². The third-order valence-corrected chi connectivity index (χ3v) is 3.55. The molecule has 0 spiro atoms. The Hall–Kier alpha value is -0.900. The van der Waals surface area contributed by atoms with Crippen LogP contribution in [0.15, 0.2) is 30.3 Å². The Kier molecular flexibility index (Phi) is 5.53. The highest BCUT2D eigenvalue weighted by Crippen LogP contribution is 2.24. The molecule has 108 valence electrons. The Morgan fingerprint density at radius 2 is 1.68 bits per heavy atom. The van der Waals surface area contributed by atoms with Gasteiger partial charge in [-0.2, -0.15) is 0 Å². The van der Waals surface area contributed by atoms with Crippen LogP contribution >= 0.6 is 0 Å². The van der Waals surface area contributed by atoms with E-state index in [1.807, 2.05) is 37.3 Å². The van der Waals surface area contributed by atoms with E-state index in [1.54, 1.807) is 0 Å². The monoisotopic (exact) mass is 265 g/mol. The molecule has 0 saturated carbocycles. The second kappa shape index (κ2) is 6.51. The van der Waals surface area contributed by atoms with Crippen molar-refractivity contribution in [2.24, 2.45) is 5.41 Å². The summed E-state index contributed by atoms with van der Waals surface area (Å²) >= 11 is 0. The molecule has 0 radical (unpaired) electrons. The van der Waals surface area contributed by atoms with E-state index in [1.165, 1.54) is 0 Å². The van der Waals surface area contributed by atoms with Crippen LogP contribution in [0.4, 0.5) is 0 Å². The van der Waals surface area contributed by atoms with Crippen LogP contribution in [0.2, 0.25) is 0 Å². The summed E-state index contributed by atoms with van der Waals surface area (Å²) in [6.07, 6.45) is 0.689. The lowest BCUT2D eigenvalue weighted by Gasteiger charge is -2.34. The Morgan fingerprint density at radius 1 is 1.11 bits per heavy atom. The van der Waals surface area contributed by atoms with E-state index in [0.717, 1.165) is 5.56 Å². The van der Waals surface area contributed by atoms with Crippen molar-refractivity contribution in [2.45, 2.75) is 45.8 Å². The number of aliphatic hydroxyl groups is 2. The van der Waals surface area contributed by atoms with Crippen molar-refractivity contribution in [3.63, 3.8) is 0 Å². The molecule has 3 N–H and O–H groups in total. The summed E-state index contributed by atoms with van der Waals surface area (Å²) in [5.41, 5.74) is 0.0505. The predicted molar refractivity (Wildman–Crippen MR) is 79.0 cm³/mol. The van der Waals surface area contributed by atoms with Crippen molar-refractivity contribution >= 4 is 0 Å². The lowest BCUT2D eigenvalue weighted by Crippen LogP contribution is -2.47. The minimum atomic E-state index is -0.903. The molecular formula is C16H27NO2. The Morgan fingerprint density at radius 3 is 2.16 bits per heavy atom. The number of aliphatic hydroxyl groups excluding tert-OH is 1. The summed E-state index contributed by atoms with van der Waals surface area (Å²) in [5.74, 6) is 0. The van der Waals surface area contributed by atoms with Crippen LogP contribution < -0.4 is 5.32 Å². The number of hydrogen-bond acceptors (Lipinski definition) is 3. The average Bonchev–Trinajstić information content (AvgIpc) is 2.34. The number of benzene rings is 1. The second-order valence-corrected chi connectivity index (χ2v) is 6.45. The lowest BCUT2D eigenvalue weighted by molar-refractivity contribution is 0.0460. The van der Waals surface area contributed by atoms with Gasteiger partial charge in [0.05, 0.1) is 5.60 Å². The predicted octanol–water partition coefficient (Wildman–Crippen LogP) is 2.28. The molecule has 3 nitrogen and oxygen atoms in total. The van der Waals surface area contributed by atoms with Gasteiger partial charge < -0.3 is 15.5 Å². The van der Waals surface area contributed by atoms with Crippen LogP contribution in [0, 0.1) is 5.41 Å². The van der Waals surface area contributed by atoms with E-state index in [0.29, 0.717) is 13.0 Å². The highest BCUT2D eigenvalue weighted by atomic mass is 16.3. The molecule has 0 amide bonds. The smallest absolute Gasteiger partial charge is 0.0992 e. The fourth-order valence-electron chi connectivity index (χ4n) is 2.19. The lowest BCUT2D eigenvalue weighted by atomic mass is 9.84. The summed E-state index contributed by atoms with van der Waals surface area (Å²) in [6, 6.07) is 9.83. The van der Waals surface area contributed by atoms with E-state index in [9.17, 15) is 5.11 Å². The summed E-state index contributed by atoms with van der Waals surface area (Å²) in [4.78, 5) is 0. The maximum atomic E-state index is 10.5. The van der Waals surface area contributed by atoms with Crippen molar-refractivity contribution in [3.05, 3.63) is 35.9 Å². The van der Waals surface area contributed by atoms with Crippen LogP contribution in [0.1, 0.15) is 39.7 Å². The molecule has 3 heteroatoms. The van der Waals surface area contributed by atoms with Crippen LogP contribution in [-0.4, -0.2) is 29.4 Å². The van der Waals surface area contributed by atoms with Gasteiger partial charge in [-0.25, -0.2) is 0 Å². The van der Waals surface area contributed by atoms with Gasteiger partial charge in [0.2, 0.25) is 0 Å². The van der Waals surface area contributed by atoms with Crippen LogP contribution in [0.25, 0.3) is 0 Å². The molecular weight excluding hydrogens is 238 g/mol. The van der Waals surface area contributed by atoms with Crippen LogP contribution in [0.5, 0.6) is 0 Å². The maximum Gasteiger partial charge on any atom is 0.0992 e. The first-order valence-electron chi connectivity index (χ1n) is 6.89. The van der Waals surface area contributed by atoms with Gasteiger partial charge in [-0.3, -0.25) is 0 Å². The summed E-state index contributed by atoms with van der Waals surface area (Å²) < 4.78 is 0. The van der Waals surface area contributed by atoms with Gasteiger partial charge in [0.15, 0.2) is 0 Å². The molecule has 0 heterocycles. The fraction of sp³-hybridized carbons (Fsp3) is 0.625. The third kappa shape index (κ3) is 4.94. The number of hydrogen-bond donors (Lipinski definition) is 3. The summed E-state index contributed by atoms with van der Waals surface area (Å²) in [6.45, 7) is 8.85. The highest BCUT2D eigenvalue weighted by Gasteiger charge is 2.28. The van der Waals surface area contributed by atoms with Crippen molar-refractivity contribution in [1.82, 2.24) is 5.32 Å². The molecule has 0 saturated heterocycles. The number of nitrogens with one attached hydrogen (secondary N) is 1. The first kappa shape index (κ1) is 16.2. The second-order valence-electron chi connectivity index (χ2n) is 6.45. The van der Waals surface area contributed by atoms with E-state index < -0.39 is 5.60 Å². The topological polar surface area (TPSA) is 52.5 Å². The largest absolute Gasteiger partial charge is 0.396 e. The van der Waals surface area contributed by atoms with Gasteiger partial charge in [-0.05, 0) is 24.3 Å². The standard InChI is InChI=1S/C16H27NO2/c1-15(2,3)14(10-11-18)17-12-16(4,19)13-8-6-5-7-9-13/h5-9,14,17-19H,10-12H2,1-4H3. The Bertz CT molecular complexity index is 368. The van der Waals surface area contributed by atoms with Gasteiger partial charge in [0, 0.05) is 19.2 Å². The van der Waals surface area contributed by atoms with Crippen molar-refractivity contribution < 1.29 is 10.2 Å². The molecule has 1 aromatic carbocycles. The average molecular weight is 265 g/mol. The molecule has 0 aliphatic rings. The zero-order valence-corrected chi connectivity index (χ0v) is 12.5. The zero-order chi connectivity index (χ0) is 14.5. The van der Waals surface area contributed by atoms with Gasteiger partial charge in [0.1, 0.15) is 0 Å². The summed E-state index contributed by atoms with van der Waals surface area (Å²) in [7, 11) is 0. The van der Waals surface area contributed by atoms with Gasteiger partial charge in [-0.15, -0.1) is 0 Å². The molecule has 2 atom stereocenters. The normalized spacial score (nSPS) is 16.9. The van der Waals surface area contributed by atoms with E-state index in [4.69, 9.17) is 5.11 Å².